The van der Waals surface area contributed by atoms with Crippen molar-refractivity contribution in [3.05, 3.63) is 76.5 Å². The van der Waals surface area contributed by atoms with Crippen LogP contribution in [-0.2, 0) is 24.9 Å². The van der Waals surface area contributed by atoms with Crippen molar-refractivity contribution in [1.29, 1.82) is 0 Å². The topological polar surface area (TPSA) is 95.3 Å². The normalized spacial score (nSPS) is 14.7. The molecule has 0 N–H and O–H groups in total. The lowest BCUT2D eigenvalue weighted by molar-refractivity contribution is 0.0594. The number of aromatic nitrogens is 5. The highest BCUT2D eigenvalue weighted by Crippen LogP contribution is 2.32. The van der Waals surface area contributed by atoms with E-state index < -0.39 is 11.8 Å². The molecule has 9 nitrogen and oxygen atoms in total. The van der Waals surface area contributed by atoms with Gasteiger partial charge in [-0.1, -0.05) is 17.7 Å². The van der Waals surface area contributed by atoms with Gasteiger partial charge in [0.1, 0.15) is 29.5 Å². The molecule has 1 aliphatic heterocycles. The molecule has 1 saturated heterocycles. The maximum absolute atomic E-state index is 14.2. The van der Waals surface area contributed by atoms with E-state index >= 15 is 0 Å². The molecule has 0 bridgehead atoms. The van der Waals surface area contributed by atoms with Gasteiger partial charge in [-0.15, -0.1) is 0 Å². The molecular formula is C26H26ClFN6O3. The van der Waals surface area contributed by atoms with Crippen LogP contribution in [0.1, 0.15) is 46.3 Å². The molecular weight excluding hydrogens is 499 g/mol. The third-order valence-corrected chi connectivity index (χ3v) is 6.90. The third kappa shape index (κ3) is 5.40. The Labute approximate surface area is 218 Å². The summed E-state index contributed by atoms with van der Waals surface area (Å²) < 4.78 is 26.8. The van der Waals surface area contributed by atoms with Gasteiger partial charge in [0.25, 0.3) is 0 Å². The minimum absolute atomic E-state index is 0.0484. The van der Waals surface area contributed by atoms with Gasteiger partial charge >= 0.3 is 5.97 Å². The molecule has 0 unspecified atom stereocenters. The molecule has 0 radical (unpaired) electrons. The predicted octanol–water partition coefficient (Wildman–Crippen LogP) is 4.30. The summed E-state index contributed by atoms with van der Waals surface area (Å²) in [4.78, 5) is 32.0. The largest absolute Gasteiger partial charge is 0.471 e. The summed E-state index contributed by atoms with van der Waals surface area (Å²) >= 11 is 5.84. The zero-order chi connectivity index (χ0) is 25.9. The fourth-order valence-electron chi connectivity index (χ4n) is 4.58. The molecule has 1 aromatic carbocycles. The summed E-state index contributed by atoms with van der Waals surface area (Å²) in [5.41, 5.74) is 3.02. The van der Waals surface area contributed by atoms with Crippen molar-refractivity contribution in [3.63, 3.8) is 0 Å². The number of aryl methyl sites for hydroxylation is 1. The Morgan fingerprint density at radius 3 is 2.70 bits per heavy atom. The summed E-state index contributed by atoms with van der Waals surface area (Å²) in [6.07, 6.45) is 6.60. The highest BCUT2D eigenvalue weighted by atomic mass is 35.5. The van der Waals surface area contributed by atoms with Crippen LogP contribution in [0.2, 0.25) is 5.02 Å². The number of nitrogens with zero attached hydrogens (tertiary/aromatic N) is 6. The Morgan fingerprint density at radius 2 is 1.95 bits per heavy atom. The van der Waals surface area contributed by atoms with E-state index in [0.29, 0.717) is 23.0 Å². The molecule has 4 heterocycles. The number of halogens is 2. The van der Waals surface area contributed by atoms with E-state index in [1.807, 2.05) is 11.6 Å². The molecule has 192 valence electrons. The highest BCUT2D eigenvalue weighted by molar-refractivity contribution is 6.30. The number of rotatable bonds is 7. The minimum Gasteiger partial charge on any atom is -0.471 e. The summed E-state index contributed by atoms with van der Waals surface area (Å²) in [6, 6.07) is 6.22. The Morgan fingerprint density at radius 1 is 1.16 bits per heavy atom. The first kappa shape index (κ1) is 25.0. The van der Waals surface area contributed by atoms with Gasteiger partial charge in [0.05, 0.1) is 25.4 Å². The molecule has 0 spiro atoms. The number of carbonyl (C=O) groups is 1. The van der Waals surface area contributed by atoms with Crippen LogP contribution in [0.15, 0.2) is 42.9 Å². The number of benzene rings is 1. The Kier molecular flexibility index (Phi) is 7.29. The monoisotopic (exact) mass is 524 g/mol. The zero-order valence-electron chi connectivity index (χ0n) is 20.5. The SMILES string of the molecule is COC(=O)c1cc2c(cn1)nc(CN1CCC(c3nccnc3OCc3ccc(Cl)cc3F)CC1)n2C. The summed E-state index contributed by atoms with van der Waals surface area (Å²) in [7, 11) is 3.27. The lowest BCUT2D eigenvalue weighted by atomic mass is 9.93. The molecule has 37 heavy (non-hydrogen) atoms. The van der Waals surface area contributed by atoms with Gasteiger partial charge in [-0.25, -0.2) is 24.1 Å². The van der Waals surface area contributed by atoms with Crippen LogP contribution in [0.25, 0.3) is 11.0 Å². The molecule has 1 aliphatic rings. The average molecular weight is 525 g/mol. The smallest absolute Gasteiger partial charge is 0.356 e. The number of pyridine rings is 1. The van der Waals surface area contributed by atoms with Gasteiger partial charge in [-0.05, 0) is 44.1 Å². The van der Waals surface area contributed by atoms with E-state index in [0.717, 1.165) is 48.5 Å². The number of hydrogen-bond donors (Lipinski definition) is 0. The van der Waals surface area contributed by atoms with Gasteiger partial charge in [0, 0.05) is 35.9 Å². The first-order valence-electron chi connectivity index (χ1n) is 11.9. The first-order chi connectivity index (χ1) is 17.9. The maximum Gasteiger partial charge on any atom is 0.356 e. The number of carbonyl (C=O) groups excluding carboxylic acids is 1. The van der Waals surface area contributed by atoms with E-state index in [1.165, 1.54) is 13.2 Å². The number of likely N-dealkylation sites (tertiary alicyclic amines) is 1. The maximum atomic E-state index is 14.2. The molecule has 4 aromatic rings. The third-order valence-electron chi connectivity index (χ3n) is 6.66. The van der Waals surface area contributed by atoms with Gasteiger partial charge in [-0.3, -0.25) is 9.88 Å². The van der Waals surface area contributed by atoms with Crippen LogP contribution in [0.3, 0.4) is 0 Å². The van der Waals surface area contributed by atoms with E-state index in [4.69, 9.17) is 26.1 Å². The van der Waals surface area contributed by atoms with Gasteiger partial charge in [-0.2, -0.15) is 0 Å². The summed E-state index contributed by atoms with van der Waals surface area (Å²) in [5.74, 6) is 0.621. The Hall–Kier alpha value is -3.63. The number of ether oxygens (including phenoxy) is 2. The number of fused-ring (bicyclic) bond motifs is 1. The second-order valence-electron chi connectivity index (χ2n) is 8.96. The molecule has 1 fully saturated rings. The second kappa shape index (κ2) is 10.8. The Bertz CT molecular complexity index is 1440. The van der Waals surface area contributed by atoms with Crippen LogP contribution in [0.5, 0.6) is 5.88 Å². The zero-order valence-corrected chi connectivity index (χ0v) is 21.3. The first-order valence-corrected chi connectivity index (χ1v) is 12.3. The summed E-state index contributed by atoms with van der Waals surface area (Å²) in [5, 5.41) is 0.342. The number of methoxy groups -OCH3 is 1. The fourth-order valence-corrected chi connectivity index (χ4v) is 4.74. The van der Waals surface area contributed by atoms with Crippen LogP contribution in [-0.4, -0.2) is 55.6 Å². The van der Waals surface area contributed by atoms with Crippen molar-refractivity contribution >= 4 is 28.6 Å². The van der Waals surface area contributed by atoms with Crippen LogP contribution >= 0.6 is 11.6 Å². The van der Waals surface area contributed by atoms with Gasteiger partial charge in [0.2, 0.25) is 5.88 Å². The molecule has 0 atom stereocenters. The van der Waals surface area contributed by atoms with Crippen molar-refractivity contribution in [2.75, 3.05) is 20.2 Å². The van der Waals surface area contributed by atoms with E-state index in [2.05, 4.69) is 19.9 Å². The molecule has 0 saturated carbocycles. The van der Waals surface area contributed by atoms with E-state index in [9.17, 15) is 9.18 Å². The number of imidazole rings is 1. The quantitative estimate of drug-likeness (QED) is 0.330. The van der Waals surface area contributed by atoms with Crippen molar-refractivity contribution < 1.29 is 18.7 Å². The predicted molar refractivity (Wildman–Crippen MR) is 135 cm³/mol. The molecule has 11 heteroatoms. The standard InChI is InChI=1S/C26H26ClFN6O3/c1-33-22-12-20(26(35)36-2)31-13-21(22)32-23(33)14-34-9-5-16(6-10-34)24-25(30-8-7-29-24)37-15-17-3-4-18(27)11-19(17)28/h3-4,7-8,11-13,16H,5-6,9-10,14-15H2,1-2H3. The van der Waals surface area contributed by atoms with E-state index in [-0.39, 0.29) is 18.2 Å². The highest BCUT2D eigenvalue weighted by Gasteiger charge is 2.26. The van der Waals surface area contributed by atoms with Crippen LogP contribution < -0.4 is 4.74 Å². The average Bonchev–Trinajstić information content (AvgIpc) is 3.22. The van der Waals surface area contributed by atoms with Crippen molar-refractivity contribution in [3.8, 4) is 5.88 Å². The van der Waals surface area contributed by atoms with E-state index in [1.54, 1.807) is 36.8 Å². The second-order valence-corrected chi connectivity index (χ2v) is 9.39. The lowest BCUT2D eigenvalue weighted by Crippen LogP contribution is -2.33. The number of piperidine rings is 1. The van der Waals surface area contributed by atoms with Crippen molar-refractivity contribution in [2.24, 2.45) is 7.05 Å². The Balaban J connectivity index is 1.23. The molecule has 0 amide bonds. The number of esters is 1. The molecule has 0 aliphatic carbocycles. The minimum atomic E-state index is -0.475. The van der Waals surface area contributed by atoms with Crippen molar-refractivity contribution in [1.82, 2.24) is 29.4 Å². The van der Waals surface area contributed by atoms with Gasteiger partial charge < -0.3 is 14.0 Å². The number of hydrogen-bond acceptors (Lipinski definition) is 8. The molecule has 3 aromatic heterocycles. The summed E-state index contributed by atoms with van der Waals surface area (Å²) in [6.45, 7) is 2.42. The van der Waals surface area contributed by atoms with Crippen LogP contribution in [0, 0.1) is 5.82 Å². The van der Waals surface area contributed by atoms with Crippen LogP contribution in [0.4, 0.5) is 4.39 Å². The molecule has 5 rings (SSSR count). The lowest BCUT2D eigenvalue weighted by Gasteiger charge is -2.31. The fraction of sp³-hybridized carbons (Fsp3) is 0.346. The van der Waals surface area contributed by atoms with Crippen molar-refractivity contribution in [2.45, 2.75) is 31.9 Å². The van der Waals surface area contributed by atoms with Gasteiger partial charge in [0.15, 0.2) is 5.69 Å².